The molecule has 0 aromatic carbocycles. The maximum absolute atomic E-state index is 11.9. The van der Waals surface area contributed by atoms with Gasteiger partial charge in [0.15, 0.2) is 5.82 Å². The summed E-state index contributed by atoms with van der Waals surface area (Å²) in [5.74, 6) is 0.235. The zero-order valence-electron chi connectivity index (χ0n) is 7.43. The summed E-state index contributed by atoms with van der Waals surface area (Å²) in [6, 6.07) is 0. The molecule has 1 aromatic rings. The van der Waals surface area contributed by atoms with Gasteiger partial charge in [0.05, 0.1) is 0 Å². The molecular formula is C7H11F3N4. The van der Waals surface area contributed by atoms with Crippen LogP contribution in [0.5, 0.6) is 0 Å². The molecule has 0 saturated heterocycles. The lowest BCUT2D eigenvalue weighted by Crippen LogP contribution is -2.12. The summed E-state index contributed by atoms with van der Waals surface area (Å²) in [7, 11) is 0. The largest absolute Gasteiger partial charge is 0.396 e. The Balaban J connectivity index is 2.51. The van der Waals surface area contributed by atoms with E-state index in [1.807, 2.05) is 0 Å². The van der Waals surface area contributed by atoms with Gasteiger partial charge in [-0.05, 0) is 13.0 Å². The predicted molar refractivity (Wildman–Crippen MR) is 43.5 cm³/mol. The highest BCUT2D eigenvalue weighted by Crippen LogP contribution is 2.18. The first-order valence-corrected chi connectivity index (χ1v) is 4.18. The first-order valence-electron chi connectivity index (χ1n) is 4.18. The Morgan fingerprint density at radius 2 is 2.07 bits per heavy atom. The molecule has 0 unspecified atom stereocenters. The second kappa shape index (κ2) is 4.41. The third kappa shape index (κ3) is 3.73. The fourth-order valence-electron chi connectivity index (χ4n) is 0.976. The van der Waals surface area contributed by atoms with Crippen LogP contribution in [0.4, 0.5) is 13.2 Å². The molecule has 1 aromatic heterocycles. The lowest BCUT2D eigenvalue weighted by atomic mass is 10.3. The normalized spacial score (nSPS) is 12.0. The van der Waals surface area contributed by atoms with Crippen molar-refractivity contribution in [1.29, 1.82) is 0 Å². The van der Waals surface area contributed by atoms with Crippen molar-refractivity contribution in [2.45, 2.75) is 25.4 Å². The molecule has 0 bridgehead atoms. The highest BCUT2D eigenvalue weighted by molar-refractivity contribution is 4.92. The standard InChI is InChI=1S/C7H11F3N4/c8-7(9,10)4-6-12-5(13-14-6)2-1-3-11/h1-4,11H2,(H,12,13,14). The van der Waals surface area contributed by atoms with Crippen LogP contribution in [0.2, 0.25) is 0 Å². The molecule has 3 N–H and O–H groups in total. The molecule has 14 heavy (non-hydrogen) atoms. The van der Waals surface area contributed by atoms with Crippen molar-refractivity contribution in [3.8, 4) is 0 Å². The first kappa shape index (κ1) is 11.0. The summed E-state index contributed by atoms with van der Waals surface area (Å²) in [6.07, 6.45) is -4.14. The van der Waals surface area contributed by atoms with Gasteiger partial charge in [-0.3, -0.25) is 5.10 Å². The molecule has 80 valence electrons. The van der Waals surface area contributed by atoms with Crippen LogP contribution in [0.25, 0.3) is 0 Å². The molecule has 0 fully saturated rings. The first-order chi connectivity index (χ1) is 6.51. The van der Waals surface area contributed by atoms with Gasteiger partial charge in [-0.2, -0.15) is 18.3 Å². The fourth-order valence-corrected chi connectivity index (χ4v) is 0.976. The van der Waals surface area contributed by atoms with Crippen LogP contribution >= 0.6 is 0 Å². The summed E-state index contributed by atoms with van der Waals surface area (Å²) in [5, 5.41) is 5.90. The number of aromatic amines is 1. The molecule has 1 heterocycles. The second-order valence-corrected chi connectivity index (χ2v) is 2.88. The third-order valence-electron chi connectivity index (χ3n) is 1.55. The van der Waals surface area contributed by atoms with Gasteiger partial charge in [0.2, 0.25) is 0 Å². The Labute approximate surface area is 78.7 Å². The molecule has 4 nitrogen and oxygen atoms in total. The second-order valence-electron chi connectivity index (χ2n) is 2.88. The number of H-pyrrole nitrogens is 1. The van der Waals surface area contributed by atoms with Crippen LogP contribution in [-0.2, 0) is 12.8 Å². The lowest BCUT2D eigenvalue weighted by molar-refractivity contribution is -0.128. The van der Waals surface area contributed by atoms with E-state index in [0.717, 1.165) is 0 Å². The number of nitrogens with one attached hydrogen (secondary N) is 1. The Morgan fingerprint density at radius 3 is 2.64 bits per heavy atom. The molecule has 7 heteroatoms. The highest BCUT2D eigenvalue weighted by atomic mass is 19.4. The summed E-state index contributed by atoms with van der Waals surface area (Å²) in [4.78, 5) is 3.69. The van der Waals surface area contributed by atoms with Crippen LogP contribution in [0.1, 0.15) is 18.1 Å². The molecule has 0 atom stereocenters. The van der Waals surface area contributed by atoms with Gasteiger partial charge in [-0.1, -0.05) is 0 Å². The molecular weight excluding hydrogens is 197 g/mol. The Bertz CT molecular complexity index is 281. The number of nitrogens with zero attached hydrogens (tertiary/aromatic N) is 2. The van der Waals surface area contributed by atoms with E-state index >= 15 is 0 Å². The summed E-state index contributed by atoms with van der Waals surface area (Å²) >= 11 is 0. The average molecular weight is 208 g/mol. The maximum Gasteiger partial charge on any atom is 0.396 e. The van der Waals surface area contributed by atoms with E-state index in [0.29, 0.717) is 25.2 Å². The number of alkyl halides is 3. The fraction of sp³-hybridized carbons (Fsp3) is 0.714. The minimum Gasteiger partial charge on any atom is -0.330 e. The number of aryl methyl sites for hydroxylation is 1. The minimum atomic E-state index is -4.25. The molecule has 0 aliphatic carbocycles. The van der Waals surface area contributed by atoms with E-state index in [9.17, 15) is 13.2 Å². The van der Waals surface area contributed by atoms with Crippen molar-refractivity contribution in [2.24, 2.45) is 5.73 Å². The summed E-state index contributed by atoms with van der Waals surface area (Å²) in [5.41, 5.74) is 5.24. The van der Waals surface area contributed by atoms with Crippen molar-refractivity contribution in [1.82, 2.24) is 15.2 Å². The number of nitrogens with two attached hydrogens (primary N) is 1. The van der Waals surface area contributed by atoms with E-state index in [4.69, 9.17) is 5.73 Å². The van der Waals surface area contributed by atoms with Gasteiger partial charge < -0.3 is 5.73 Å². The summed E-state index contributed by atoms with van der Waals surface area (Å²) in [6.45, 7) is 0.475. The van der Waals surface area contributed by atoms with Crippen LogP contribution in [0.3, 0.4) is 0 Å². The molecule has 0 aliphatic heterocycles. The topological polar surface area (TPSA) is 67.6 Å². The van der Waals surface area contributed by atoms with E-state index in [1.54, 1.807) is 0 Å². The van der Waals surface area contributed by atoms with Crippen LogP contribution in [0, 0.1) is 0 Å². The van der Waals surface area contributed by atoms with E-state index in [-0.39, 0.29) is 5.82 Å². The zero-order valence-corrected chi connectivity index (χ0v) is 7.43. The molecule has 0 radical (unpaired) electrons. The number of aromatic nitrogens is 3. The number of hydrogen-bond acceptors (Lipinski definition) is 3. The molecule has 0 saturated carbocycles. The summed E-state index contributed by atoms with van der Waals surface area (Å²) < 4.78 is 35.7. The zero-order chi connectivity index (χ0) is 10.6. The number of halogens is 3. The maximum atomic E-state index is 11.9. The lowest BCUT2D eigenvalue weighted by Gasteiger charge is -2.01. The monoisotopic (exact) mass is 208 g/mol. The van der Waals surface area contributed by atoms with E-state index in [1.165, 1.54) is 0 Å². The van der Waals surface area contributed by atoms with Crippen LogP contribution in [0.15, 0.2) is 0 Å². The Morgan fingerprint density at radius 1 is 1.36 bits per heavy atom. The van der Waals surface area contributed by atoms with Crippen molar-refractivity contribution in [3.63, 3.8) is 0 Å². The van der Waals surface area contributed by atoms with Gasteiger partial charge in [0.25, 0.3) is 0 Å². The molecule has 0 amide bonds. The minimum absolute atomic E-state index is 0.149. The van der Waals surface area contributed by atoms with E-state index < -0.39 is 12.6 Å². The number of rotatable bonds is 4. The average Bonchev–Trinajstić information content (AvgIpc) is 2.46. The van der Waals surface area contributed by atoms with Gasteiger partial charge in [0, 0.05) is 6.42 Å². The highest BCUT2D eigenvalue weighted by Gasteiger charge is 2.29. The van der Waals surface area contributed by atoms with Crippen molar-refractivity contribution in [3.05, 3.63) is 11.6 Å². The van der Waals surface area contributed by atoms with Crippen molar-refractivity contribution in [2.75, 3.05) is 6.54 Å². The quantitative estimate of drug-likeness (QED) is 0.769. The van der Waals surface area contributed by atoms with Gasteiger partial charge in [-0.25, -0.2) is 4.98 Å². The SMILES string of the molecule is NCCCc1n[nH]c(CC(F)(F)F)n1. The number of hydrogen-bond donors (Lipinski definition) is 2. The van der Waals surface area contributed by atoms with Gasteiger partial charge >= 0.3 is 6.18 Å². The van der Waals surface area contributed by atoms with Crippen molar-refractivity contribution >= 4 is 0 Å². The predicted octanol–water partition coefficient (Wildman–Crippen LogP) is 0.801. The van der Waals surface area contributed by atoms with Crippen molar-refractivity contribution < 1.29 is 13.2 Å². The Hall–Kier alpha value is -1.11. The van der Waals surface area contributed by atoms with Crippen LogP contribution < -0.4 is 5.73 Å². The third-order valence-corrected chi connectivity index (χ3v) is 1.55. The molecule has 0 spiro atoms. The smallest absolute Gasteiger partial charge is 0.330 e. The molecule has 0 aliphatic rings. The van der Waals surface area contributed by atoms with Gasteiger partial charge in [-0.15, -0.1) is 0 Å². The molecule has 1 rings (SSSR count). The van der Waals surface area contributed by atoms with Crippen LogP contribution in [-0.4, -0.2) is 27.9 Å². The van der Waals surface area contributed by atoms with E-state index in [2.05, 4.69) is 15.2 Å². The Kier molecular flexibility index (Phi) is 3.45. The van der Waals surface area contributed by atoms with Gasteiger partial charge in [0.1, 0.15) is 12.2 Å².